The lowest BCUT2D eigenvalue weighted by molar-refractivity contribution is -0.132. The minimum absolute atomic E-state index is 0.180. The molecule has 0 spiro atoms. The van der Waals surface area contributed by atoms with Crippen molar-refractivity contribution in [3.05, 3.63) is 34.9 Å². The Hall–Kier alpha value is -2.61. The number of rotatable bonds is 3. The molecule has 31 heavy (non-hydrogen) atoms. The average Bonchev–Trinajstić information content (AvgIpc) is 3.04. The van der Waals surface area contributed by atoms with E-state index >= 15 is 0 Å². The Labute approximate surface area is 182 Å². The second-order valence-corrected chi connectivity index (χ2v) is 8.58. The Morgan fingerprint density at radius 1 is 0.871 bits per heavy atom. The molecule has 1 aromatic heterocycles. The third-order valence-electron chi connectivity index (χ3n) is 6.35. The number of piperazine rings is 1. The largest absolute Gasteiger partial charge is 0.342 e. The number of aromatic nitrogens is 2. The number of amides is 2. The summed E-state index contributed by atoms with van der Waals surface area (Å²) >= 11 is 0. The summed E-state index contributed by atoms with van der Waals surface area (Å²) < 4.78 is 14.2. The van der Waals surface area contributed by atoms with Gasteiger partial charge in [-0.05, 0) is 32.8 Å². The van der Waals surface area contributed by atoms with Crippen LogP contribution in [0.4, 0.5) is 4.39 Å². The lowest BCUT2D eigenvalue weighted by Gasteiger charge is -2.35. The first kappa shape index (κ1) is 21.6. The molecule has 166 valence electrons. The predicted octanol–water partition coefficient (Wildman–Crippen LogP) is 2.55. The molecule has 7 nitrogen and oxygen atoms in total. The van der Waals surface area contributed by atoms with Crippen LogP contribution in [0.15, 0.2) is 12.1 Å². The van der Waals surface area contributed by atoms with E-state index in [1.807, 2.05) is 18.7 Å². The smallest absolute Gasteiger partial charge is 0.256 e. The van der Waals surface area contributed by atoms with Crippen molar-refractivity contribution in [2.75, 3.05) is 45.8 Å². The Kier molecular flexibility index (Phi) is 6.46. The standard InChI is InChI=1S/C23H30FN5O2/c1-16-17(2)26-22-19(13-18(24)14-20(22)25-16)23(31)29-11-9-27(10-12-29)15-21(30)28-7-5-3-4-6-8-28/h13-14H,3-12,15H2,1-2H3. The molecule has 2 aromatic rings. The highest BCUT2D eigenvalue weighted by molar-refractivity contribution is 6.04. The Morgan fingerprint density at radius 3 is 2.19 bits per heavy atom. The van der Waals surface area contributed by atoms with Gasteiger partial charge in [-0.25, -0.2) is 14.4 Å². The number of aryl methyl sites for hydroxylation is 2. The third-order valence-corrected chi connectivity index (χ3v) is 6.35. The number of nitrogens with zero attached hydrogens (tertiary/aromatic N) is 5. The molecule has 2 amide bonds. The fraction of sp³-hybridized carbons (Fsp3) is 0.565. The van der Waals surface area contributed by atoms with Gasteiger partial charge >= 0.3 is 0 Å². The van der Waals surface area contributed by atoms with Gasteiger partial charge in [0.2, 0.25) is 5.91 Å². The molecule has 0 N–H and O–H groups in total. The third kappa shape index (κ3) is 4.84. The number of carbonyl (C=O) groups excluding carboxylic acids is 2. The first-order chi connectivity index (χ1) is 14.9. The summed E-state index contributed by atoms with van der Waals surface area (Å²) in [6.45, 7) is 8.01. The van der Waals surface area contributed by atoms with Gasteiger partial charge in [0.1, 0.15) is 11.3 Å². The fourth-order valence-corrected chi connectivity index (χ4v) is 4.35. The van der Waals surface area contributed by atoms with Gasteiger partial charge in [0.15, 0.2) is 0 Å². The van der Waals surface area contributed by atoms with E-state index in [1.54, 1.807) is 4.90 Å². The van der Waals surface area contributed by atoms with Gasteiger partial charge in [-0.3, -0.25) is 14.5 Å². The summed E-state index contributed by atoms with van der Waals surface area (Å²) in [6, 6.07) is 2.57. The zero-order chi connectivity index (χ0) is 22.0. The molecule has 0 aliphatic carbocycles. The second-order valence-electron chi connectivity index (χ2n) is 8.58. The molecule has 2 fully saturated rings. The lowest BCUT2D eigenvalue weighted by Crippen LogP contribution is -2.51. The number of halogens is 1. The average molecular weight is 428 g/mol. The van der Waals surface area contributed by atoms with Crippen molar-refractivity contribution in [1.82, 2.24) is 24.7 Å². The van der Waals surface area contributed by atoms with Crippen LogP contribution in [0.5, 0.6) is 0 Å². The van der Waals surface area contributed by atoms with Crippen LogP contribution in [-0.4, -0.2) is 82.3 Å². The van der Waals surface area contributed by atoms with Gasteiger partial charge in [0.05, 0.1) is 29.0 Å². The quantitative estimate of drug-likeness (QED) is 0.753. The number of benzene rings is 1. The van der Waals surface area contributed by atoms with Crippen molar-refractivity contribution in [1.29, 1.82) is 0 Å². The van der Waals surface area contributed by atoms with Crippen molar-refractivity contribution >= 4 is 22.8 Å². The van der Waals surface area contributed by atoms with Crippen LogP contribution >= 0.6 is 0 Å². The van der Waals surface area contributed by atoms with Crippen LogP contribution in [0.2, 0.25) is 0 Å². The van der Waals surface area contributed by atoms with Gasteiger partial charge < -0.3 is 9.80 Å². The topological polar surface area (TPSA) is 69.6 Å². The van der Waals surface area contributed by atoms with Crippen LogP contribution in [-0.2, 0) is 4.79 Å². The summed E-state index contributed by atoms with van der Waals surface area (Å²) in [6.07, 6.45) is 4.56. The molecule has 4 rings (SSSR count). The zero-order valence-electron chi connectivity index (χ0n) is 18.4. The Bertz CT molecular complexity index is 980. The van der Waals surface area contributed by atoms with Crippen molar-refractivity contribution < 1.29 is 14.0 Å². The highest BCUT2D eigenvalue weighted by Gasteiger charge is 2.27. The molecular weight excluding hydrogens is 397 g/mol. The minimum Gasteiger partial charge on any atom is -0.342 e. The van der Waals surface area contributed by atoms with Crippen LogP contribution in [0.3, 0.4) is 0 Å². The van der Waals surface area contributed by atoms with Gasteiger partial charge in [-0.15, -0.1) is 0 Å². The van der Waals surface area contributed by atoms with Crippen molar-refractivity contribution in [2.45, 2.75) is 39.5 Å². The molecule has 0 saturated carbocycles. The molecule has 2 saturated heterocycles. The van der Waals surface area contributed by atoms with E-state index in [0.29, 0.717) is 43.8 Å². The summed E-state index contributed by atoms with van der Waals surface area (Å²) in [4.78, 5) is 40.5. The Morgan fingerprint density at radius 2 is 1.52 bits per heavy atom. The summed E-state index contributed by atoms with van der Waals surface area (Å²) in [5.41, 5.74) is 2.53. The first-order valence-corrected chi connectivity index (χ1v) is 11.2. The number of carbonyl (C=O) groups is 2. The molecule has 8 heteroatoms. The van der Waals surface area contributed by atoms with Gasteiger partial charge in [-0.1, -0.05) is 12.8 Å². The first-order valence-electron chi connectivity index (χ1n) is 11.2. The normalized spacial score (nSPS) is 18.3. The fourth-order valence-electron chi connectivity index (χ4n) is 4.35. The van der Waals surface area contributed by atoms with Crippen LogP contribution < -0.4 is 0 Å². The maximum Gasteiger partial charge on any atom is 0.256 e. The number of fused-ring (bicyclic) bond motifs is 1. The minimum atomic E-state index is -0.491. The highest BCUT2D eigenvalue weighted by atomic mass is 19.1. The number of likely N-dealkylation sites (tertiary alicyclic amines) is 1. The SMILES string of the molecule is Cc1nc2cc(F)cc(C(=O)N3CCN(CC(=O)N4CCCCCC4)CC3)c2nc1C. The molecule has 1 aromatic carbocycles. The van der Waals surface area contributed by atoms with Gasteiger partial charge in [-0.2, -0.15) is 0 Å². The Balaban J connectivity index is 1.41. The summed E-state index contributed by atoms with van der Waals surface area (Å²) in [5, 5.41) is 0. The predicted molar refractivity (Wildman–Crippen MR) is 116 cm³/mol. The molecule has 0 bridgehead atoms. The monoisotopic (exact) mass is 427 g/mol. The summed E-state index contributed by atoms with van der Waals surface area (Å²) in [7, 11) is 0. The zero-order valence-corrected chi connectivity index (χ0v) is 18.4. The molecule has 3 heterocycles. The molecule has 2 aliphatic heterocycles. The lowest BCUT2D eigenvalue weighted by atomic mass is 10.1. The molecule has 2 aliphatic rings. The molecular formula is C23H30FN5O2. The molecule has 0 radical (unpaired) electrons. The number of hydrogen-bond acceptors (Lipinski definition) is 5. The van der Waals surface area contributed by atoms with Crippen LogP contribution in [0, 0.1) is 19.7 Å². The molecule has 0 unspecified atom stereocenters. The van der Waals surface area contributed by atoms with E-state index in [2.05, 4.69) is 14.9 Å². The van der Waals surface area contributed by atoms with E-state index < -0.39 is 5.82 Å². The number of hydrogen-bond donors (Lipinski definition) is 0. The van der Waals surface area contributed by atoms with Crippen LogP contribution in [0.1, 0.15) is 47.4 Å². The maximum absolute atomic E-state index is 14.2. The second kappa shape index (κ2) is 9.26. The van der Waals surface area contributed by atoms with E-state index in [1.165, 1.54) is 25.0 Å². The maximum atomic E-state index is 14.2. The van der Waals surface area contributed by atoms with E-state index in [0.717, 1.165) is 37.3 Å². The van der Waals surface area contributed by atoms with Gasteiger partial charge in [0.25, 0.3) is 5.91 Å². The van der Waals surface area contributed by atoms with Crippen molar-refractivity contribution in [3.63, 3.8) is 0 Å². The van der Waals surface area contributed by atoms with Crippen molar-refractivity contribution in [2.24, 2.45) is 0 Å². The van der Waals surface area contributed by atoms with Gasteiger partial charge in [0, 0.05) is 45.3 Å². The molecule has 0 atom stereocenters. The van der Waals surface area contributed by atoms with E-state index in [4.69, 9.17) is 0 Å². The van der Waals surface area contributed by atoms with E-state index in [9.17, 15) is 14.0 Å². The van der Waals surface area contributed by atoms with Crippen LogP contribution in [0.25, 0.3) is 11.0 Å². The van der Waals surface area contributed by atoms with E-state index in [-0.39, 0.29) is 17.4 Å². The van der Waals surface area contributed by atoms with Crippen molar-refractivity contribution in [3.8, 4) is 0 Å². The highest BCUT2D eigenvalue weighted by Crippen LogP contribution is 2.21. The summed E-state index contributed by atoms with van der Waals surface area (Å²) in [5.74, 6) is -0.547.